The van der Waals surface area contributed by atoms with Gasteiger partial charge in [-0.2, -0.15) is 10.4 Å². The molecule has 16 heavy (non-hydrogen) atoms. The van der Waals surface area contributed by atoms with Crippen LogP contribution in [0.25, 0.3) is 0 Å². The number of hydrogen-bond acceptors (Lipinski definition) is 3. The number of para-hydroxylation sites is 1. The van der Waals surface area contributed by atoms with E-state index < -0.39 is 0 Å². The first kappa shape index (κ1) is 10.2. The summed E-state index contributed by atoms with van der Waals surface area (Å²) < 4.78 is 1.85. The minimum Gasteiger partial charge on any atom is -0.382 e. The van der Waals surface area contributed by atoms with E-state index in [0.29, 0.717) is 5.56 Å². The Hall–Kier alpha value is -2.28. The molecule has 0 saturated carbocycles. The van der Waals surface area contributed by atoms with Crippen LogP contribution < -0.4 is 5.32 Å². The van der Waals surface area contributed by atoms with Gasteiger partial charge in [-0.25, -0.2) is 0 Å². The minimum absolute atomic E-state index is 0.669. The second-order valence-corrected chi connectivity index (χ2v) is 3.35. The quantitative estimate of drug-likeness (QED) is 0.841. The van der Waals surface area contributed by atoms with Crippen LogP contribution in [0.3, 0.4) is 0 Å². The van der Waals surface area contributed by atoms with E-state index in [1.807, 2.05) is 35.1 Å². The fourth-order valence-electron chi connectivity index (χ4n) is 1.47. The van der Waals surface area contributed by atoms with Crippen molar-refractivity contribution in [1.29, 1.82) is 5.26 Å². The van der Waals surface area contributed by atoms with E-state index in [0.717, 1.165) is 18.8 Å². The summed E-state index contributed by atoms with van der Waals surface area (Å²) in [4.78, 5) is 0. The van der Waals surface area contributed by atoms with Crippen molar-refractivity contribution in [2.45, 2.75) is 6.54 Å². The molecule has 0 fully saturated rings. The Bertz CT molecular complexity index is 482. The smallest absolute Gasteiger partial charge is 0.101 e. The summed E-state index contributed by atoms with van der Waals surface area (Å²) in [5.41, 5.74) is 1.54. The molecule has 2 aromatic rings. The lowest BCUT2D eigenvalue weighted by Crippen LogP contribution is -2.11. The molecule has 1 aromatic heterocycles. The average molecular weight is 212 g/mol. The molecule has 0 radical (unpaired) electrons. The molecule has 1 N–H and O–H groups in total. The first-order chi connectivity index (χ1) is 7.90. The maximum absolute atomic E-state index is 8.89. The normalized spacial score (nSPS) is 9.69. The molecule has 0 bridgehead atoms. The summed E-state index contributed by atoms with van der Waals surface area (Å²) >= 11 is 0. The number of hydrogen-bond donors (Lipinski definition) is 1. The second-order valence-electron chi connectivity index (χ2n) is 3.35. The maximum Gasteiger partial charge on any atom is 0.101 e. The Morgan fingerprint density at radius 1 is 1.31 bits per heavy atom. The van der Waals surface area contributed by atoms with Crippen molar-refractivity contribution in [3.05, 3.63) is 48.3 Å². The van der Waals surface area contributed by atoms with Gasteiger partial charge in [0, 0.05) is 18.9 Å². The molecule has 0 aliphatic carbocycles. The minimum atomic E-state index is 0.669. The van der Waals surface area contributed by atoms with Crippen LogP contribution in [0.4, 0.5) is 5.69 Å². The molecule has 1 aromatic carbocycles. The first-order valence-corrected chi connectivity index (χ1v) is 5.10. The molecule has 0 aliphatic heterocycles. The van der Waals surface area contributed by atoms with Gasteiger partial charge in [-0.3, -0.25) is 4.68 Å². The zero-order valence-corrected chi connectivity index (χ0v) is 8.80. The monoisotopic (exact) mass is 212 g/mol. The standard InChI is InChI=1S/C12H12N4/c13-10-11-4-1-2-5-12(11)14-7-9-16-8-3-6-15-16/h1-6,8,14H,7,9H2. The van der Waals surface area contributed by atoms with Gasteiger partial charge in [-0.1, -0.05) is 12.1 Å². The van der Waals surface area contributed by atoms with Crippen LogP contribution in [0.5, 0.6) is 0 Å². The molecule has 0 spiro atoms. The van der Waals surface area contributed by atoms with Gasteiger partial charge in [0.05, 0.1) is 17.8 Å². The van der Waals surface area contributed by atoms with Crippen LogP contribution in [0, 0.1) is 11.3 Å². The Kier molecular flexibility index (Phi) is 3.19. The third kappa shape index (κ3) is 2.39. The van der Waals surface area contributed by atoms with Crippen molar-refractivity contribution in [2.24, 2.45) is 0 Å². The summed E-state index contributed by atoms with van der Waals surface area (Å²) in [6.07, 6.45) is 3.67. The molecular weight excluding hydrogens is 200 g/mol. The van der Waals surface area contributed by atoms with Crippen molar-refractivity contribution < 1.29 is 0 Å². The van der Waals surface area contributed by atoms with Gasteiger partial charge >= 0.3 is 0 Å². The van der Waals surface area contributed by atoms with E-state index in [9.17, 15) is 0 Å². The van der Waals surface area contributed by atoms with Crippen molar-refractivity contribution in [1.82, 2.24) is 9.78 Å². The van der Waals surface area contributed by atoms with Crippen LogP contribution in [0.1, 0.15) is 5.56 Å². The van der Waals surface area contributed by atoms with Crippen molar-refractivity contribution >= 4 is 5.69 Å². The van der Waals surface area contributed by atoms with Crippen molar-refractivity contribution in [3.8, 4) is 6.07 Å². The topological polar surface area (TPSA) is 53.6 Å². The number of rotatable bonds is 4. The SMILES string of the molecule is N#Cc1ccccc1NCCn1cccn1. The molecular formula is C12H12N4. The van der Waals surface area contributed by atoms with E-state index in [4.69, 9.17) is 5.26 Å². The molecule has 0 saturated heterocycles. The zero-order chi connectivity index (χ0) is 11.2. The number of aromatic nitrogens is 2. The van der Waals surface area contributed by atoms with Crippen molar-refractivity contribution in [2.75, 3.05) is 11.9 Å². The van der Waals surface area contributed by atoms with Gasteiger partial charge in [0.15, 0.2) is 0 Å². The molecule has 1 heterocycles. The highest BCUT2D eigenvalue weighted by Gasteiger charge is 1.98. The van der Waals surface area contributed by atoms with Gasteiger partial charge in [0.25, 0.3) is 0 Å². The number of nitriles is 1. The number of anilines is 1. The van der Waals surface area contributed by atoms with Crippen LogP contribution in [-0.4, -0.2) is 16.3 Å². The largest absolute Gasteiger partial charge is 0.382 e. The number of benzene rings is 1. The molecule has 80 valence electrons. The molecule has 4 nitrogen and oxygen atoms in total. The lowest BCUT2D eigenvalue weighted by Gasteiger charge is -2.07. The van der Waals surface area contributed by atoms with Crippen LogP contribution in [0.2, 0.25) is 0 Å². The van der Waals surface area contributed by atoms with Gasteiger partial charge in [-0.15, -0.1) is 0 Å². The van der Waals surface area contributed by atoms with Crippen LogP contribution >= 0.6 is 0 Å². The zero-order valence-electron chi connectivity index (χ0n) is 8.80. The van der Waals surface area contributed by atoms with Gasteiger partial charge in [0.2, 0.25) is 0 Å². The molecule has 0 unspecified atom stereocenters. The molecule has 0 amide bonds. The Balaban J connectivity index is 1.93. The third-order valence-corrected chi connectivity index (χ3v) is 2.26. The van der Waals surface area contributed by atoms with Crippen LogP contribution in [0.15, 0.2) is 42.7 Å². The number of nitrogens with zero attached hydrogens (tertiary/aromatic N) is 3. The molecule has 2 rings (SSSR count). The predicted octanol–water partition coefficient (Wildman–Crippen LogP) is 1.87. The van der Waals surface area contributed by atoms with Gasteiger partial charge in [0.1, 0.15) is 6.07 Å². The Morgan fingerprint density at radius 3 is 2.94 bits per heavy atom. The van der Waals surface area contributed by atoms with E-state index in [1.54, 1.807) is 12.3 Å². The summed E-state index contributed by atoms with van der Waals surface area (Å²) in [6.45, 7) is 1.53. The third-order valence-electron chi connectivity index (χ3n) is 2.26. The lowest BCUT2D eigenvalue weighted by molar-refractivity contribution is 0.638. The van der Waals surface area contributed by atoms with E-state index in [2.05, 4.69) is 16.5 Å². The predicted molar refractivity (Wildman–Crippen MR) is 61.9 cm³/mol. The van der Waals surface area contributed by atoms with E-state index in [1.165, 1.54) is 0 Å². The molecule has 0 atom stereocenters. The Morgan fingerprint density at radius 2 is 2.19 bits per heavy atom. The summed E-state index contributed by atoms with van der Waals surface area (Å²) in [7, 11) is 0. The fraction of sp³-hybridized carbons (Fsp3) is 0.167. The number of nitrogens with one attached hydrogen (secondary N) is 1. The van der Waals surface area contributed by atoms with Crippen LogP contribution in [-0.2, 0) is 6.54 Å². The highest BCUT2D eigenvalue weighted by atomic mass is 15.3. The first-order valence-electron chi connectivity index (χ1n) is 5.10. The van der Waals surface area contributed by atoms with Gasteiger partial charge < -0.3 is 5.32 Å². The van der Waals surface area contributed by atoms with E-state index in [-0.39, 0.29) is 0 Å². The highest BCUT2D eigenvalue weighted by molar-refractivity contribution is 5.56. The van der Waals surface area contributed by atoms with Gasteiger partial charge in [-0.05, 0) is 18.2 Å². The summed E-state index contributed by atoms with van der Waals surface area (Å²) in [5, 5.41) is 16.2. The average Bonchev–Trinajstić information content (AvgIpc) is 2.83. The lowest BCUT2D eigenvalue weighted by atomic mass is 10.2. The highest BCUT2D eigenvalue weighted by Crippen LogP contribution is 2.12. The van der Waals surface area contributed by atoms with Crippen molar-refractivity contribution in [3.63, 3.8) is 0 Å². The molecule has 0 aliphatic rings. The maximum atomic E-state index is 8.89. The van der Waals surface area contributed by atoms with E-state index >= 15 is 0 Å². The second kappa shape index (κ2) is 4.99. The Labute approximate surface area is 94.1 Å². The fourth-order valence-corrected chi connectivity index (χ4v) is 1.47. The summed E-state index contributed by atoms with van der Waals surface area (Å²) in [6, 6.07) is 11.5. The summed E-state index contributed by atoms with van der Waals surface area (Å²) in [5.74, 6) is 0. The molecule has 4 heteroatoms.